The van der Waals surface area contributed by atoms with Crippen LogP contribution in [-0.2, 0) is 17.8 Å². The molecule has 0 unspecified atom stereocenters. The van der Waals surface area contributed by atoms with Gasteiger partial charge in [0.2, 0.25) is 0 Å². The van der Waals surface area contributed by atoms with E-state index in [9.17, 15) is 9.59 Å². The Bertz CT molecular complexity index is 1330. The van der Waals surface area contributed by atoms with Crippen molar-refractivity contribution >= 4 is 11.2 Å². The number of fused-ring (bicyclic) bond motifs is 1. The van der Waals surface area contributed by atoms with E-state index in [4.69, 9.17) is 9.47 Å². The third-order valence-corrected chi connectivity index (χ3v) is 5.24. The predicted octanol–water partition coefficient (Wildman–Crippen LogP) is 2.36. The summed E-state index contributed by atoms with van der Waals surface area (Å²) < 4.78 is 15.0. The zero-order valence-electron chi connectivity index (χ0n) is 17.7. The second-order valence-corrected chi connectivity index (χ2v) is 7.26. The van der Waals surface area contributed by atoms with Gasteiger partial charge in [-0.3, -0.25) is 9.36 Å². The lowest BCUT2D eigenvalue weighted by Crippen LogP contribution is -2.41. The molecule has 0 radical (unpaired) electrons. The van der Waals surface area contributed by atoms with E-state index in [0.29, 0.717) is 23.4 Å². The fourth-order valence-electron chi connectivity index (χ4n) is 3.62. The topological polar surface area (TPSA) is 80.3 Å². The maximum atomic E-state index is 13.3. The number of hydrogen-bond donors (Lipinski definition) is 0. The van der Waals surface area contributed by atoms with Crippen molar-refractivity contribution in [2.24, 2.45) is 0 Å². The number of nitrogens with zero attached hydrogens (tertiary/aromatic N) is 4. The molecule has 2 aromatic carbocycles. The van der Waals surface area contributed by atoms with E-state index in [0.717, 1.165) is 16.9 Å². The lowest BCUT2D eigenvalue weighted by atomic mass is 10.2. The van der Waals surface area contributed by atoms with Crippen molar-refractivity contribution < 1.29 is 9.47 Å². The summed E-state index contributed by atoms with van der Waals surface area (Å²) in [5.74, 6) is 0.718. The summed E-state index contributed by atoms with van der Waals surface area (Å²) >= 11 is 0. The van der Waals surface area contributed by atoms with E-state index in [-0.39, 0.29) is 13.2 Å². The van der Waals surface area contributed by atoms with Gasteiger partial charge in [0, 0.05) is 12.7 Å². The van der Waals surface area contributed by atoms with E-state index >= 15 is 0 Å². The Labute approximate surface area is 178 Å². The first kappa shape index (κ1) is 20.6. The van der Waals surface area contributed by atoms with E-state index in [2.05, 4.69) is 4.98 Å². The van der Waals surface area contributed by atoms with Gasteiger partial charge in [0.15, 0.2) is 11.2 Å². The van der Waals surface area contributed by atoms with Gasteiger partial charge in [-0.05, 0) is 25.1 Å². The van der Waals surface area contributed by atoms with E-state index in [1.54, 1.807) is 18.0 Å². The van der Waals surface area contributed by atoms with Crippen molar-refractivity contribution in [2.75, 3.05) is 20.8 Å². The minimum Gasteiger partial charge on any atom is -0.496 e. The molecule has 160 valence electrons. The van der Waals surface area contributed by atoms with Gasteiger partial charge < -0.3 is 14.0 Å². The lowest BCUT2D eigenvalue weighted by molar-refractivity contribution is 0.184. The summed E-state index contributed by atoms with van der Waals surface area (Å²) in [5, 5.41) is 0. The molecule has 0 aliphatic rings. The molecular formula is C23H24N4O4. The van der Waals surface area contributed by atoms with Crippen LogP contribution >= 0.6 is 0 Å². The molecule has 0 amide bonds. The summed E-state index contributed by atoms with van der Waals surface area (Å²) in [7, 11) is 3.14. The molecule has 2 aromatic heterocycles. The number of methoxy groups -OCH3 is 2. The van der Waals surface area contributed by atoms with E-state index in [1.807, 2.05) is 55.5 Å². The largest absolute Gasteiger partial charge is 0.496 e. The Morgan fingerprint density at radius 2 is 1.74 bits per heavy atom. The molecule has 8 nitrogen and oxygen atoms in total. The minimum absolute atomic E-state index is 0.149. The maximum Gasteiger partial charge on any atom is 0.337 e. The maximum absolute atomic E-state index is 13.3. The molecular weight excluding hydrogens is 396 g/mol. The third-order valence-electron chi connectivity index (χ3n) is 5.24. The monoisotopic (exact) mass is 420 g/mol. The van der Waals surface area contributed by atoms with Crippen molar-refractivity contribution in [3.8, 4) is 11.4 Å². The van der Waals surface area contributed by atoms with Gasteiger partial charge in [0.05, 0.1) is 38.8 Å². The van der Waals surface area contributed by atoms with Crippen molar-refractivity contribution in [1.82, 2.24) is 18.7 Å². The Kier molecular flexibility index (Phi) is 5.73. The quantitative estimate of drug-likeness (QED) is 0.459. The third kappa shape index (κ3) is 3.77. The first-order chi connectivity index (χ1) is 15.0. The summed E-state index contributed by atoms with van der Waals surface area (Å²) in [6, 6.07) is 15.1. The van der Waals surface area contributed by atoms with Crippen molar-refractivity contribution in [2.45, 2.75) is 20.0 Å². The summed E-state index contributed by atoms with van der Waals surface area (Å²) in [6.07, 6.45) is 1.59. The normalized spacial score (nSPS) is 11.2. The first-order valence-corrected chi connectivity index (χ1v) is 9.93. The molecule has 0 spiro atoms. The number of ether oxygens (including phenoxy) is 2. The molecule has 0 saturated carbocycles. The van der Waals surface area contributed by atoms with Gasteiger partial charge in [0.25, 0.3) is 5.56 Å². The van der Waals surface area contributed by atoms with Crippen LogP contribution in [0.25, 0.3) is 16.9 Å². The molecule has 0 N–H and O–H groups in total. The molecule has 8 heteroatoms. The average molecular weight is 420 g/mol. The lowest BCUT2D eigenvalue weighted by Gasteiger charge is -2.13. The van der Waals surface area contributed by atoms with E-state index < -0.39 is 11.2 Å². The smallest absolute Gasteiger partial charge is 0.337 e. The SMILES string of the molecule is COCCn1c(=O)c2c(ncn2Cc2ccccc2OC)n(-c2ccc(C)cc2)c1=O. The average Bonchev–Trinajstić information content (AvgIpc) is 3.19. The van der Waals surface area contributed by atoms with Crippen LogP contribution in [0.3, 0.4) is 0 Å². The molecule has 0 aliphatic heterocycles. The molecule has 2 heterocycles. The minimum atomic E-state index is -0.444. The highest BCUT2D eigenvalue weighted by Crippen LogP contribution is 2.21. The van der Waals surface area contributed by atoms with Crippen LogP contribution in [0.1, 0.15) is 11.1 Å². The molecule has 4 aromatic rings. The van der Waals surface area contributed by atoms with Crippen LogP contribution in [0, 0.1) is 6.92 Å². The van der Waals surface area contributed by atoms with Gasteiger partial charge in [-0.1, -0.05) is 35.9 Å². The molecule has 31 heavy (non-hydrogen) atoms. The van der Waals surface area contributed by atoms with Crippen LogP contribution in [-0.4, -0.2) is 39.5 Å². The number of rotatable bonds is 7. The van der Waals surface area contributed by atoms with Gasteiger partial charge in [-0.25, -0.2) is 14.3 Å². The van der Waals surface area contributed by atoms with Gasteiger partial charge >= 0.3 is 5.69 Å². The van der Waals surface area contributed by atoms with Crippen LogP contribution in [0.4, 0.5) is 0 Å². The van der Waals surface area contributed by atoms with Gasteiger partial charge in [-0.15, -0.1) is 0 Å². The Morgan fingerprint density at radius 3 is 2.45 bits per heavy atom. The van der Waals surface area contributed by atoms with Gasteiger partial charge in [-0.2, -0.15) is 0 Å². The highest BCUT2D eigenvalue weighted by atomic mass is 16.5. The number of para-hydroxylation sites is 1. The number of benzene rings is 2. The summed E-state index contributed by atoms with van der Waals surface area (Å²) in [6.45, 7) is 2.75. The highest BCUT2D eigenvalue weighted by molar-refractivity contribution is 5.72. The number of aryl methyl sites for hydroxylation is 1. The van der Waals surface area contributed by atoms with Crippen molar-refractivity contribution in [3.05, 3.63) is 86.8 Å². The molecule has 0 aliphatic carbocycles. The fraction of sp³-hybridized carbons (Fsp3) is 0.261. The van der Waals surface area contributed by atoms with Crippen molar-refractivity contribution in [1.29, 1.82) is 0 Å². The Morgan fingerprint density at radius 1 is 1.00 bits per heavy atom. The molecule has 0 fully saturated rings. The zero-order chi connectivity index (χ0) is 22.0. The standard InChI is InChI=1S/C23H24N4O4/c1-16-8-10-18(11-9-16)27-21-20(22(28)26(23(27)29)12-13-30-2)25(15-24-21)14-17-6-4-5-7-19(17)31-3/h4-11,15H,12-14H2,1-3H3. The van der Waals surface area contributed by atoms with Crippen LogP contribution < -0.4 is 16.0 Å². The molecule has 4 rings (SSSR count). The number of hydrogen-bond acceptors (Lipinski definition) is 5. The van der Waals surface area contributed by atoms with Crippen molar-refractivity contribution in [3.63, 3.8) is 0 Å². The first-order valence-electron chi connectivity index (χ1n) is 9.93. The molecule has 0 saturated heterocycles. The van der Waals surface area contributed by atoms with Crippen LogP contribution in [0.5, 0.6) is 5.75 Å². The van der Waals surface area contributed by atoms with Gasteiger partial charge in [0.1, 0.15) is 5.75 Å². The predicted molar refractivity (Wildman–Crippen MR) is 118 cm³/mol. The summed E-state index contributed by atoms with van der Waals surface area (Å²) in [4.78, 5) is 31.0. The highest BCUT2D eigenvalue weighted by Gasteiger charge is 2.19. The Balaban J connectivity index is 1.97. The Hall–Kier alpha value is -3.65. The second-order valence-electron chi connectivity index (χ2n) is 7.26. The number of imidazole rings is 1. The van der Waals surface area contributed by atoms with Crippen LogP contribution in [0.15, 0.2) is 64.4 Å². The number of aromatic nitrogens is 4. The van der Waals surface area contributed by atoms with Crippen LogP contribution in [0.2, 0.25) is 0 Å². The second kappa shape index (κ2) is 8.61. The molecule has 0 bridgehead atoms. The fourth-order valence-corrected chi connectivity index (χ4v) is 3.62. The zero-order valence-corrected chi connectivity index (χ0v) is 17.7. The van der Waals surface area contributed by atoms with E-state index in [1.165, 1.54) is 16.2 Å². The molecule has 0 atom stereocenters. The summed E-state index contributed by atoms with van der Waals surface area (Å²) in [5.41, 5.74) is 2.45.